The number of carbonyl (C=O) groups is 1. The lowest BCUT2D eigenvalue weighted by molar-refractivity contribution is 0.102. The van der Waals surface area contributed by atoms with Crippen molar-refractivity contribution in [1.82, 2.24) is 4.72 Å². The normalized spacial score (nSPS) is 14.3. The average Bonchev–Trinajstić information content (AvgIpc) is 3.45. The van der Waals surface area contributed by atoms with Gasteiger partial charge >= 0.3 is 0 Å². The molecule has 0 bridgehead atoms. The number of fused-ring (bicyclic) bond motifs is 1. The highest BCUT2D eigenvalue weighted by Gasteiger charge is 2.30. The van der Waals surface area contributed by atoms with E-state index in [0.29, 0.717) is 5.69 Å². The van der Waals surface area contributed by atoms with Crippen LogP contribution in [0.15, 0.2) is 65.6 Å². The predicted octanol–water partition coefficient (Wildman–Crippen LogP) is 3.67. The molecule has 0 spiro atoms. The van der Waals surface area contributed by atoms with Gasteiger partial charge in [-0.3, -0.25) is 4.79 Å². The van der Waals surface area contributed by atoms with E-state index in [-0.39, 0.29) is 11.6 Å². The summed E-state index contributed by atoms with van der Waals surface area (Å²) in [5.74, 6) is -1.39. The molecule has 0 heterocycles. The van der Waals surface area contributed by atoms with E-state index in [4.69, 9.17) is 0 Å². The van der Waals surface area contributed by atoms with Crippen molar-refractivity contribution in [1.29, 1.82) is 0 Å². The number of hydrogen-bond donors (Lipinski definition) is 2. The fourth-order valence-corrected chi connectivity index (χ4v) is 4.27. The number of amides is 1. The van der Waals surface area contributed by atoms with Crippen LogP contribution >= 0.6 is 0 Å². The maximum Gasteiger partial charge on any atom is 0.255 e. The molecule has 4 rings (SSSR count). The summed E-state index contributed by atoms with van der Waals surface area (Å²) in [5.41, 5.74) is 0.670. The van der Waals surface area contributed by atoms with Crippen molar-refractivity contribution in [3.8, 4) is 0 Å². The summed E-state index contributed by atoms with van der Waals surface area (Å²) >= 11 is 0. The number of anilines is 1. The first kappa shape index (κ1) is 17.6. The molecule has 0 atom stereocenters. The van der Waals surface area contributed by atoms with Crippen molar-refractivity contribution in [2.24, 2.45) is 0 Å². The molecule has 1 saturated carbocycles. The fourth-order valence-electron chi connectivity index (χ4n) is 2.86. The van der Waals surface area contributed by atoms with Crippen LogP contribution in [0, 0.1) is 5.82 Å². The highest BCUT2D eigenvalue weighted by atomic mass is 32.2. The van der Waals surface area contributed by atoms with Crippen LogP contribution in [0.1, 0.15) is 23.2 Å². The Morgan fingerprint density at radius 1 is 1.00 bits per heavy atom. The molecular formula is C20H17FN2O3S. The first-order chi connectivity index (χ1) is 12.9. The minimum absolute atomic E-state index is 0.0699. The van der Waals surface area contributed by atoms with E-state index in [1.807, 2.05) is 36.4 Å². The Morgan fingerprint density at radius 3 is 2.52 bits per heavy atom. The van der Waals surface area contributed by atoms with Gasteiger partial charge in [-0.2, -0.15) is 0 Å². The Bertz CT molecular complexity index is 1140. The van der Waals surface area contributed by atoms with Crippen molar-refractivity contribution in [3.63, 3.8) is 0 Å². The van der Waals surface area contributed by atoms with Gasteiger partial charge in [0.1, 0.15) is 10.7 Å². The van der Waals surface area contributed by atoms with Crippen LogP contribution in [0.3, 0.4) is 0 Å². The van der Waals surface area contributed by atoms with Crippen molar-refractivity contribution in [3.05, 3.63) is 72.0 Å². The smallest absolute Gasteiger partial charge is 0.255 e. The molecule has 3 aromatic rings. The molecule has 0 radical (unpaired) electrons. The van der Waals surface area contributed by atoms with Gasteiger partial charge in [-0.25, -0.2) is 17.5 Å². The molecule has 27 heavy (non-hydrogen) atoms. The molecule has 1 aliphatic rings. The van der Waals surface area contributed by atoms with Gasteiger partial charge in [-0.1, -0.05) is 36.4 Å². The molecular weight excluding hydrogens is 367 g/mol. The maximum absolute atomic E-state index is 14.1. The standard InChI is InChI=1S/C20H17FN2O3S/c21-17-11-8-14(12-19(17)27(25,26)23-15-9-10-15)20(24)22-18-7-3-5-13-4-1-2-6-16(13)18/h1-8,11-12,15,23H,9-10H2,(H,22,24). The summed E-state index contributed by atoms with van der Waals surface area (Å²) < 4.78 is 41.2. The van der Waals surface area contributed by atoms with Crippen LogP contribution in [-0.2, 0) is 10.0 Å². The number of hydrogen-bond acceptors (Lipinski definition) is 3. The van der Waals surface area contributed by atoms with Crippen LogP contribution in [0.5, 0.6) is 0 Å². The van der Waals surface area contributed by atoms with E-state index in [0.717, 1.165) is 35.7 Å². The number of sulfonamides is 1. The van der Waals surface area contributed by atoms with E-state index in [1.165, 1.54) is 6.07 Å². The van der Waals surface area contributed by atoms with Gasteiger partial charge in [0.15, 0.2) is 0 Å². The fraction of sp³-hybridized carbons (Fsp3) is 0.150. The Labute approximate surface area is 156 Å². The Balaban J connectivity index is 1.65. The van der Waals surface area contributed by atoms with Crippen LogP contribution in [0.2, 0.25) is 0 Å². The number of halogens is 1. The quantitative estimate of drug-likeness (QED) is 0.705. The van der Waals surface area contributed by atoms with Gasteiger partial charge in [-0.05, 0) is 42.5 Å². The number of benzene rings is 3. The molecule has 1 aliphatic carbocycles. The van der Waals surface area contributed by atoms with E-state index >= 15 is 0 Å². The van der Waals surface area contributed by atoms with Gasteiger partial charge < -0.3 is 5.32 Å². The Hall–Kier alpha value is -2.77. The second-order valence-corrected chi connectivity index (χ2v) is 8.20. The van der Waals surface area contributed by atoms with E-state index in [9.17, 15) is 17.6 Å². The second kappa shape index (κ2) is 6.75. The number of nitrogens with one attached hydrogen (secondary N) is 2. The van der Waals surface area contributed by atoms with Crippen LogP contribution in [-0.4, -0.2) is 20.4 Å². The summed E-state index contributed by atoms with van der Waals surface area (Å²) in [5, 5.41) is 4.60. The van der Waals surface area contributed by atoms with Gasteiger partial charge in [-0.15, -0.1) is 0 Å². The third-order valence-corrected chi connectivity index (χ3v) is 5.96. The maximum atomic E-state index is 14.1. The molecule has 3 aromatic carbocycles. The molecule has 0 unspecified atom stereocenters. The lowest BCUT2D eigenvalue weighted by Crippen LogP contribution is -2.27. The molecule has 138 valence electrons. The SMILES string of the molecule is O=C(Nc1cccc2ccccc12)c1ccc(F)c(S(=O)(=O)NC2CC2)c1. The van der Waals surface area contributed by atoms with Gasteiger partial charge in [0.25, 0.3) is 5.91 Å². The average molecular weight is 384 g/mol. The highest BCUT2D eigenvalue weighted by molar-refractivity contribution is 7.89. The number of carbonyl (C=O) groups excluding carboxylic acids is 1. The molecule has 5 nitrogen and oxygen atoms in total. The summed E-state index contributed by atoms with van der Waals surface area (Å²) in [6, 6.07) is 16.3. The van der Waals surface area contributed by atoms with E-state index in [2.05, 4.69) is 10.0 Å². The lowest BCUT2D eigenvalue weighted by atomic mass is 10.1. The minimum Gasteiger partial charge on any atom is -0.321 e. The van der Waals surface area contributed by atoms with Crippen LogP contribution in [0.25, 0.3) is 10.8 Å². The van der Waals surface area contributed by atoms with Gasteiger partial charge in [0, 0.05) is 22.7 Å². The molecule has 0 saturated heterocycles. The van der Waals surface area contributed by atoms with Crippen LogP contribution < -0.4 is 10.0 Å². The molecule has 0 aliphatic heterocycles. The molecule has 2 N–H and O–H groups in total. The summed E-state index contributed by atoms with van der Waals surface area (Å²) in [4.78, 5) is 12.1. The monoisotopic (exact) mass is 384 g/mol. The molecule has 0 aromatic heterocycles. The zero-order valence-electron chi connectivity index (χ0n) is 14.3. The van der Waals surface area contributed by atoms with Crippen molar-refractivity contribution in [2.45, 2.75) is 23.8 Å². The van der Waals surface area contributed by atoms with Crippen molar-refractivity contribution < 1.29 is 17.6 Å². The minimum atomic E-state index is -4.00. The summed E-state index contributed by atoms with van der Waals surface area (Å²) in [7, 11) is -4.00. The highest BCUT2D eigenvalue weighted by Crippen LogP contribution is 2.26. The number of rotatable bonds is 5. The summed E-state index contributed by atoms with van der Waals surface area (Å²) in [6.07, 6.45) is 1.48. The zero-order valence-corrected chi connectivity index (χ0v) is 15.1. The molecule has 1 fully saturated rings. The Morgan fingerprint density at radius 2 is 1.74 bits per heavy atom. The largest absolute Gasteiger partial charge is 0.321 e. The topological polar surface area (TPSA) is 75.3 Å². The van der Waals surface area contributed by atoms with Crippen LogP contribution in [0.4, 0.5) is 10.1 Å². The zero-order chi connectivity index (χ0) is 19.0. The van der Waals surface area contributed by atoms with E-state index < -0.39 is 26.6 Å². The van der Waals surface area contributed by atoms with Gasteiger partial charge in [0.2, 0.25) is 10.0 Å². The Kier molecular flexibility index (Phi) is 4.41. The molecule has 7 heteroatoms. The van der Waals surface area contributed by atoms with E-state index in [1.54, 1.807) is 6.07 Å². The lowest BCUT2D eigenvalue weighted by Gasteiger charge is -2.11. The molecule has 1 amide bonds. The predicted molar refractivity (Wildman–Crippen MR) is 102 cm³/mol. The first-order valence-corrected chi connectivity index (χ1v) is 10.0. The second-order valence-electron chi connectivity index (χ2n) is 6.52. The van der Waals surface area contributed by atoms with Crippen molar-refractivity contribution in [2.75, 3.05) is 5.32 Å². The third kappa shape index (κ3) is 3.70. The van der Waals surface area contributed by atoms with Crippen molar-refractivity contribution >= 4 is 32.4 Å². The first-order valence-electron chi connectivity index (χ1n) is 8.55. The summed E-state index contributed by atoms with van der Waals surface area (Å²) in [6.45, 7) is 0. The van der Waals surface area contributed by atoms with Gasteiger partial charge in [0.05, 0.1) is 0 Å². The third-order valence-electron chi connectivity index (χ3n) is 4.42.